The maximum absolute atomic E-state index is 12.9. The molecule has 1 aromatic rings. The largest absolute Gasteiger partial charge is 0.481 e. The molecule has 34 heavy (non-hydrogen) atoms. The van der Waals surface area contributed by atoms with Crippen molar-refractivity contribution in [1.82, 2.24) is 15.5 Å². The van der Waals surface area contributed by atoms with Crippen LogP contribution in [0.15, 0.2) is 30.3 Å². The highest BCUT2D eigenvalue weighted by Gasteiger charge is 2.30. The summed E-state index contributed by atoms with van der Waals surface area (Å²) in [6, 6.07) is 9.38. The summed E-state index contributed by atoms with van der Waals surface area (Å²) >= 11 is 0. The van der Waals surface area contributed by atoms with Gasteiger partial charge in [-0.05, 0) is 75.9 Å². The van der Waals surface area contributed by atoms with Crippen LogP contribution in [0.1, 0.15) is 70.8 Å². The molecule has 2 amide bonds. The van der Waals surface area contributed by atoms with E-state index in [1.807, 2.05) is 44.2 Å². The lowest BCUT2D eigenvalue weighted by molar-refractivity contribution is -0.143. The van der Waals surface area contributed by atoms with Crippen LogP contribution < -0.4 is 10.6 Å². The van der Waals surface area contributed by atoms with Crippen molar-refractivity contribution >= 4 is 17.8 Å². The number of hydrogen-bond acceptors (Lipinski definition) is 4. The Morgan fingerprint density at radius 2 is 1.82 bits per heavy atom. The Bertz CT molecular complexity index is 750. The van der Waals surface area contributed by atoms with Crippen LogP contribution in [0.3, 0.4) is 0 Å². The molecular weight excluding hydrogens is 430 g/mol. The number of nitrogens with zero attached hydrogens (tertiary/aromatic N) is 1. The van der Waals surface area contributed by atoms with Crippen LogP contribution in [0.25, 0.3) is 0 Å². The van der Waals surface area contributed by atoms with E-state index in [0.29, 0.717) is 25.3 Å². The highest BCUT2D eigenvalue weighted by Crippen LogP contribution is 2.27. The van der Waals surface area contributed by atoms with Gasteiger partial charge in [0.25, 0.3) is 0 Å². The number of benzene rings is 1. The van der Waals surface area contributed by atoms with Gasteiger partial charge in [-0.3, -0.25) is 14.4 Å². The fraction of sp³-hybridized carbons (Fsp3) is 0.667. The van der Waals surface area contributed by atoms with Gasteiger partial charge in [-0.15, -0.1) is 0 Å². The van der Waals surface area contributed by atoms with Crippen molar-refractivity contribution < 1.29 is 19.5 Å². The summed E-state index contributed by atoms with van der Waals surface area (Å²) in [5, 5.41) is 15.5. The van der Waals surface area contributed by atoms with Crippen molar-refractivity contribution in [3.05, 3.63) is 35.9 Å². The summed E-state index contributed by atoms with van der Waals surface area (Å²) in [6.07, 6.45) is 7.30. The van der Waals surface area contributed by atoms with Crippen molar-refractivity contribution in [3.63, 3.8) is 0 Å². The first kappa shape index (κ1) is 27.8. The highest BCUT2D eigenvalue weighted by atomic mass is 16.4. The maximum atomic E-state index is 12.9. The SMILES string of the molecule is CC.O=C(O)CC(CCc1ccccc1)NC(=O)CN1CCCC(CCC2CCNCC2)C1=O. The summed E-state index contributed by atoms with van der Waals surface area (Å²) in [6.45, 7) is 6.75. The molecule has 0 spiro atoms. The Balaban J connectivity index is 0.00000199. The molecule has 2 saturated heterocycles. The summed E-state index contributed by atoms with van der Waals surface area (Å²) in [7, 11) is 0. The smallest absolute Gasteiger partial charge is 0.305 e. The van der Waals surface area contributed by atoms with Crippen LogP contribution >= 0.6 is 0 Å². The number of nitrogens with one attached hydrogen (secondary N) is 2. The average Bonchev–Trinajstić information content (AvgIpc) is 2.85. The molecule has 2 aliphatic heterocycles. The van der Waals surface area contributed by atoms with Gasteiger partial charge in [-0.2, -0.15) is 0 Å². The van der Waals surface area contributed by atoms with Crippen molar-refractivity contribution in [1.29, 1.82) is 0 Å². The number of rotatable bonds is 11. The first-order valence-electron chi connectivity index (χ1n) is 13.1. The molecule has 3 rings (SSSR count). The van der Waals surface area contributed by atoms with Gasteiger partial charge in [0, 0.05) is 18.5 Å². The van der Waals surface area contributed by atoms with Gasteiger partial charge in [-0.1, -0.05) is 44.2 Å². The summed E-state index contributed by atoms with van der Waals surface area (Å²) < 4.78 is 0. The van der Waals surface area contributed by atoms with E-state index in [-0.39, 0.29) is 30.7 Å². The Hall–Kier alpha value is -2.41. The van der Waals surface area contributed by atoms with Crippen LogP contribution in [0, 0.1) is 11.8 Å². The molecule has 0 aromatic heterocycles. The zero-order valence-electron chi connectivity index (χ0n) is 20.9. The van der Waals surface area contributed by atoms with Crippen LogP contribution in [-0.4, -0.2) is 60.0 Å². The molecular formula is C27H43N3O4. The van der Waals surface area contributed by atoms with Gasteiger partial charge in [0.15, 0.2) is 0 Å². The molecule has 2 unspecified atom stereocenters. The van der Waals surface area contributed by atoms with E-state index in [2.05, 4.69) is 10.6 Å². The molecule has 2 fully saturated rings. The number of aliphatic carboxylic acids is 1. The van der Waals surface area contributed by atoms with Gasteiger partial charge >= 0.3 is 5.97 Å². The Labute approximate surface area is 204 Å². The third kappa shape index (κ3) is 9.84. The molecule has 0 radical (unpaired) electrons. The van der Waals surface area contributed by atoms with Gasteiger partial charge in [-0.25, -0.2) is 0 Å². The second-order valence-corrected chi connectivity index (χ2v) is 9.26. The standard InChI is InChI=1S/C25H37N3O4.C2H6/c29-23(27-22(17-24(30)31)11-9-19-5-2-1-3-6-19)18-28-16-4-7-21(25(28)32)10-8-20-12-14-26-15-13-20;1-2/h1-3,5-6,20-22,26H,4,7-18H2,(H,27,29)(H,30,31);1-2H3. The molecule has 3 N–H and O–H groups in total. The third-order valence-electron chi connectivity index (χ3n) is 6.77. The predicted molar refractivity (Wildman–Crippen MR) is 134 cm³/mol. The monoisotopic (exact) mass is 473 g/mol. The molecule has 2 atom stereocenters. The lowest BCUT2D eigenvalue weighted by Gasteiger charge is -2.33. The topological polar surface area (TPSA) is 98.7 Å². The van der Waals surface area contributed by atoms with E-state index < -0.39 is 12.0 Å². The van der Waals surface area contributed by atoms with Crippen molar-refractivity contribution in [3.8, 4) is 0 Å². The second-order valence-electron chi connectivity index (χ2n) is 9.26. The zero-order valence-corrected chi connectivity index (χ0v) is 20.9. The lowest BCUT2D eigenvalue weighted by atomic mass is 9.86. The van der Waals surface area contributed by atoms with E-state index in [9.17, 15) is 19.5 Å². The van der Waals surface area contributed by atoms with E-state index in [4.69, 9.17) is 0 Å². The Morgan fingerprint density at radius 1 is 1.12 bits per heavy atom. The van der Waals surface area contributed by atoms with Crippen LogP contribution in [-0.2, 0) is 20.8 Å². The number of carboxylic acid groups (broad SMARTS) is 1. The molecule has 0 bridgehead atoms. The number of carbonyl (C=O) groups excluding carboxylic acids is 2. The van der Waals surface area contributed by atoms with Gasteiger partial charge in [0.05, 0.1) is 13.0 Å². The third-order valence-corrected chi connectivity index (χ3v) is 6.77. The van der Waals surface area contributed by atoms with Gasteiger partial charge in [0.1, 0.15) is 0 Å². The molecule has 2 aliphatic rings. The Morgan fingerprint density at radius 3 is 2.50 bits per heavy atom. The normalized spacial score (nSPS) is 19.6. The maximum Gasteiger partial charge on any atom is 0.305 e. The highest BCUT2D eigenvalue weighted by molar-refractivity contribution is 5.86. The minimum atomic E-state index is -0.935. The number of aryl methyl sites for hydroxylation is 1. The first-order chi connectivity index (χ1) is 16.5. The van der Waals surface area contributed by atoms with Gasteiger partial charge in [0.2, 0.25) is 11.8 Å². The van der Waals surface area contributed by atoms with Crippen LogP contribution in [0.4, 0.5) is 0 Å². The number of hydrogen-bond donors (Lipinski definition) is 3. The number of amides is 2. The number of piperidine rings is 2. The van der Waals surface area contributed by atoms with Crippen molar-refractivity contribution in [2.75, 3.05) is 26.2 Å². The van der Waals surface area contributed by atoms with Crippen LogP contribution in [0.5, 0.6) is 0 Å². The van der Waals surface area contributed by atoms with Gasteiger partial charge < -0.3 is 20.6 Å². The molecule has 0 aliphatic carbocycles. The fourth-order valence-corrected chi connectivity index (χ4v) is 4.92. The molecule has 7 nitrogen and oxygen atoms in total. The minimum Gasteiger partial charge on any atom is -0.481 e. The molecule has 7 heteroatoms. The lowest BCUT2D eigenvalue weighted by Crippen LogP contribution is -2.48. The van der Waals surface area contributed by atoms with Crippen molar-refractivity contribution in [2.24, 2.45) is 11.8 Å². The first-order valence-corrected chi connectivity index (χ1v) is 13.1. The molecule has 0 saturated carbocycles. The Kier molecular flexibility index (Phi) is 12.7. The number of likely N-dealkylation sites (tertiary alicyclic amines) is 1. The second kappa shape index (κ2) is 15.5. The summed E-state index contributed by atoms with van der Waals surface area (Å²) in [4.78, 5) is 38.6. The molecule has 2 heterocycles. The predicted octanol–water partition coefficient (Wildman–Crippen LogP) is 3.62. The molecule has 190 valence electrons. The number of carbonyl (C=O) groups is 3. The summed E-state index contributed by atoms with van der Waals surface area (Å²) in [5.41, 5.74) is 1.11. The average molecular weight is 474 g/mol. The van der Waals surface area contributed by atoms with E-state index in [1.165, 1.54) is 12.8 Å². The summed E-state index contributed by atoms with van der Waals surface area (Å²) in [5.74, 6) is -0.407. The number of carboxylic acids is 1. The minimum absolute atomic E-state index is 0.0133. The quantitative estimate of drug-likeness (QED) is 0.456. The fourth-order valence-electron chi connectivity index (χ4n) is 4.92. The molecule has 1 aromatic carbocycles. The van der Waals surface area contributed by atoms with Crippen molar-refractivity contribution in [2.45, 2.75) is 77.7 Å². The van der Waals surface area contributed by atoms with Crippen LogP contribution in [0.2, 0.25) is 0 Å². The van der Waals surface area contributed by atoms with E-state index >= 15 is 0 Å². The van der Waals surface area contributed by atoms with E-state index in [0.717, 1.165) is 44.3 Å². The van der Waals surface area contributed by atoms with E-state index in [1.54, 1.807) is 4.90 Å². The zero-order chi connectivity index (χ0) is 24.8.